The summed E-state index contributed by atoms with van der Waals surface area (Å²) in [5.74, 6) is -6.89. The Bertz CT molecular complexity index is 1280. The SMILES string of the molecule is CCOC(=O)CC(C(=O)OCC)C(OC(C)=O)C(=O)OC1C=C2C(=O)N(CCCCO)C(OC(C)=O)C23OC32CCCC(C)(C)C12. The van der Waals surface area contributed by atoms with Gasteiger partial charge in [-0.25, -0.2) is 4.79 Å². The molecule has 4 rings (SSSR count). The first-order chi connectivity index (χ1) is 21.7. The number of carbonyl (C=O) groups is 6. The molecule has 0 aromatic rings. The second kappa shape index (κ2) is 13.7. The Morgan fingerprint density at radius 2 is 1.70 bits per heavy atom. The van der Waals surface area contributed by atoms with E-state index in [0.29, 0.717) is 19.3 Å². The molecule has 256 valence electrons. The third kappa shape index (κ3) is 6.25. The second-order valence-corrected chi connectivity index (χ2v) is 12.8. The smallest absolute Gasteiger partial charge is 0.349 e. The summed E-state index contributed by atoms with van der Waals surface area (Å²) in [5.41, 5.74) is -2.64. The monoisotopic (exact) mass is 651 g/mol. The fraction of sp³-hybridized carbons (Fsp3) is 0.750. The van der Waals surface area contributed by atoms with Crippen molar-refractivity contribution < 1.29 is 62.3 Å². The lowest BCUT2D eigenvalue weighted by Crippen LogP contribution is -2.57. The summed E-state index contributed by atoms with van der Waals surface area (Å²) in [6.45, 7) is 9.51. The molecule has 2 saturated heterocycles. The minimum atomic E-state index is -1.85. The molecule has 2 aliphatic heterocycles. The van der Waals surface area contributed by atoms with Crippen molar-refractivity contribution in [2.75, 3.05) is 26.4 Å². The molecule has 0 aromatic carbocycles. The number of aliphatic hydroxyl groups is 1. The van der Waals surface area contributed by atoms with Gasteiger partial charge in [-0.2, -0.15) is 0 Å². The van der Waals surface area contributed by atoms with E-state index < -0.39 is 89.1 Å². The normalized spacial score (nSPS) is 30.0. The van der Waals surface area contributed by atoms with Gasteiger partial charge in [-0.05, 0) is 57.4 Å². The van der Waals surface area contributed by atoms with Gasteiger partial charge < -0.3 is 38.4 Å². The van der Waals surface area contributed by atoms with Gasteiger partial charge in [0.2, 0.25) is 12.3 Å². The predicted octanol–water partition coefficient (Wildman–Crippen LogP) is 1.74. The van der Waals surface area contributed by atoms with Gasteiger partial charge >= 0.3 is 29.8 Å². The molecule has 2 spiro atoms. The van der Waals surface area contributed by atoms with Crippen molar-refractivity contribution >= 4 is 35.8 Å². The summed E-state index contributed by atoms with van der Waals surface area (Å²) in [6, 6.07) is 0. The van der Waals surface area contributed by atoms with E-state index in [1.807, 2.05) is 13.8 Å². The zero-order chi connectivity index (χ0) is 34.0. The standard InChI is InChI=1S/C32H45NO13/c1-7-41-23(37)16-20(27(39)42-8-2)24(43-18(3)35)28(40)45-22-17-21-26(38)33(14-9-10-15-34)29(44-19(4)36)32(21)31(46-32)13-11-12-30(5,6)25(22)31/h17,20,22,24-25,29,34H,7-16H2,1-6H3. The lowest BCUT2D eigenvalue weighted by atomic mass is 9.55. The molecule has 2 aliphatic carbocycles. The largest absolute Gasteiger partial charge is 0.466 e. The second-order valence-electron chi connectivity index (χ2n) is 12.8. The summed E-state index contributed by atoms with van der Waals surface area (Å²) in [5, 5.41) is 9.33. The highest BCUT2D eigenvalue weighted by Gasteiger charge is 2.88. The zero-order valence-electron chi connectivity index (χ0n) is 27.3. The predicted molar refractivity (Wildman–Crippen MR) is 156 cm³/mol. The molecule has 7 atom stereocenters. The third-order valence-electron chi connectivity index (χ3n) is 9.33. The Kier molecular flexibility index (Phi) is 10.5. The van der Waals surface area contributed by atoms with E-state index in [0.717, 1.165) is 19.8 Å². The fourth-order valence-electron chi connectivity index (χ4n) is 7.68. The van der Waals surface area contributed by atoms with E-state index >= 15 is 0 Å². The van der Waals surface area contributed by atoms with Crippen LogP contribution in [0.4, 0.5) is 0 Å². The highest BCUT2D eigenvalue weighted by molar-refractivity contribution is 6.01. The van der Waals surface area contributed by atoms with Crippen LogP contribution in [0.1, 0.15) is 80.1 Å². The highest BCUT2D eigenvalue weighted by Crippen LogP contribution is 2.73. The number of nitrogens with zero attached hydrogens (tertiary/aromatic N) is 1. The maximum absolute atomic E-state index is 14.0. The van der Waals surface area contributed by atoms with Gasteiger partial charge in [0.1, 0.15) is 17.6 Å². The van der Waals surface area contributed by atoms with E-state index in [1.54, 1.807) is 13.8 Å². The number of epoxide rings is 1. The van der Waals surface area contributed by atoms with Crippen molar-refractivity contribution in [2.45, 2.75) is 110 Å². The molecule has 46 heavy (non-hydrogen) atoms. The lowest BCUT2D eigenvalue weighted by Gasteiger charge is -2.48. The molecule has 0 aromatic heterocycles. The average molecular weight is 652 g/mol. The highest BCUT2D eigenvalue weighted by atomic mass is 16.7. The van der Waals surface area contributed by atoms with Crippen LogP contribution >= 0.6 is 0 Å². The number of likely N-dealkylation sites (tertiary alicyclic amines) is 1. The van der Waals surface area contributed by atoms with E-state index in [2.05, 4.69) is 0 Å². The number of ether oxygens (including phenoxy) is 6. The number of hydrogen-bond donors (Lipinski definition) is 1. The van der Waals surface area contributed by atoms with Gasteiger partial charge in [0, 0.05) is 32.9 Å². The number of amides is 1. The molecule has 2 heterocycles. The van der Waals surface area contributed by atoms with Gasteiger partial charge in [-0.3, -0.25) is 24.0 Å². The first kappa shape index (κ1) is 35.3. The molecule has 1 N–H and O–H groups in total. The summed E-state index contributed by atoms with van der Waals surface area (Å²) < 4.78 is 33.8. The topological polar surface area (TPSA) is 185 Å². The molecule has 0 bridgehead atoms. The number of esters is 5. The maximum Gasteiger partial charge on any atom is 0.349 e. The Hall–Kier alpha value is -3.52. The summed E-state index contributed by atoms with van der Waals surface area (Å²) in [4.78, 5) is 79.2. The molecule has 4 aliphatic rings. The van der Waals surface area contributed by atoms with E-state index in [-0.39, 0.29) is 31.9 Å². The van der Waals surface area contributed by atoms with E-state index in [1.165, 1.54) is 17.9 Å². The molecular formula is C32H45NO13. The fourth-order valence-corrected chi connectivity index (χ4v) is 7.68. The van der Waals surface area contributed by atoms with Gasteiger partial charge in [0.05, 0.1) is 25.2 Å². The zero-order valence-corrected chi connectivity index (χ0v) is 27.3. The van der Waals surface area contributed by atoms with Gasteiger partial charge in [0.15, 0.2) is 5.60 Å². The summed E-state index contributed by atoms with van der Waals surface area (Å²) in [7, 11) is 0. The van der Waals surface area contributed by atoms with Crippen LogP contribution in [0.15, 0.2) is 11.6 Å². The molecule has 1 amide bonds. The molecule has 0 radical (unpaired) electrons. The molecule has 1 saturated carbocycles. The minimum Gasteiger partial charge on any atom is -0.466 e. The number of unbranched alkanes of at least 4 members (excludes halogenated alkanes) is 1. The van der Waals surface area contributed by atoms with Gasteiger partial charge in [0.25, 0.3) is 5.91 Å². The Morgan fingerprint density at radius 3 is 2.30 bits per heavy atom. The van der Waals surface area contributed by atoms with Crippen molar-refractivity contribution in [1.82, 2.24) is 4.90 Å². The number of aliphatic hydroxyl groups excluding tert-OH is 1. The van der Waals surface area contributed by atoms with Gasteiger partial charge in [-0.15, -0.1) is 0 Å². The molecule has 14 heteroatoms. The van der Waals surface area contributed by atoms with Crippen molar-refractivity contribution in [3.05, 3.63) is 11.6 Å². The Balaban J connectivity index is 1.76. The Labute approximate surface area is 268 Å². The average Bonchev–Trinajstić information content (AvgIpc) is 3.58. The van der Waals surface area contributed by atoms with E-state index in [9.17, 15) is 33.9 Å². The molecule has 7 unspecified atom stereocenters. The maximum atomic E-state index is 14.0. The quantitative estimate of drug-likeness (QED) is 0.124. The third-order valence-corrected chi connectivity index (χ3v) is 9.33. The van der Waals surface area contributed by atoms with Crippen molar-refractivity contribution in [3.8, 4) is 0 Å². The first-order valence-corrected chi connectivity index (χ1v) is 15.9. The number of rotatable bonds is 14. The lowest BCUT2D eigenvalue weighted by molar-refractivity contribution is -0.184. The Morgan fingerprint density at radius 1 is 1.00 bits per heavy atom. The molecule has 3 fully saturated rings. The van der Waals surface area contributed by atoms with Crippen LogP contribution in [-0.4, -0.2) is 102 Å². The number of hydrogen-bond acceptors (Lipinski definition) is 13. The van der Waals surface area contributed by atoms with Crippen molar-refractivity contribution in [2.24, 2.45) is 17.3 Å². The van der Waals surface area contributed by atoms with Crippen LogP contribution in [0.3, 0.4) is 0 Å². The number of carbonyl (C=O) groups excluding carboxylic acids is 6. The van der Waals surface area contributed by atoms with Crippen LogP contribution in [0.2, 0.25) is 0 Å². The minimum absolute atomic E-state index is 0.0205. The van der Waals surface area contributed by atoms with Crippen LogP contribution in [0.5, 0.6) is 0 Å². The van der Waals surface area contributed by atoms with Crippen molar-refractivity contribution in [1.29, 1.82) is 0 Å². The first-order valence-electron chi connectivity index (χ1n) is 15.9. The molecular weight excluding hydrogens is 606 g/mol. The van der Waals surface area contributed by atoms with Crippen LogP contribution < -0.4 is 0 Å². The van der Waals surface area contributed by atoms with Crippen LogP contribution in [-0.2, 0) is 57.2 Å². The van der Waals surface area contributed by atoms with Crippen LogP contribution in [0.25, 0.3) is 0 Å². The van der Waals surface area contributed by atoms with E-state index in [4.69, 9.17) is 28.4 Å². The summed E-state index contributed by atoms with van der Waals surface area (Å²) in [6.07, 6.45) is -0.253. The van der Waals surface area contributed by atoms with Crippen LogP contribution in [0, 0.1) is 17.3 Å². The molecule has 14 nitrogen and oxygen atoms in total. The van der Waals surface area contributed by atoms with Gasteiger partial charge in [-0.1, -0.05) is 13.8 Å². The van der Waals surface area contributed by atoms with Crippen molar-refractivity contribution in [3.63, 3.8) is 0 Å². The summed E-state index contributed by atoms with van der Waals surface area (Å²) >= 11 is 0.